The summed E-state index contributed by atoms with van der Waals surface area (Å²) in [7, 11) is 0. The largest absolute Gasteiger partial charge is 0.392 e. The van der Waals surface area contributed by atoms with Gasteiger partial charge in [-0.15, -0.1) is 5.73 Å². The molecule has 1 rings (SSSR count). The fourth-order valence-corrected chi connectivity index (χ4v) is 1.73. The minimum absolute atomic E-state index is 0.0197. The summed E-state index contributed by atoms with van der Waals surface area (Å²) in [5.74, 6) is -0.0197. The molecule has 0 saturated heterocycles. The van der Waals surface area contributed by atoms with E-state index in [1.165, 1.54) is 0 Å². The Morgan fingerprint density at radius 3 is 2.67 bits per heavy atom. The van der Waals surface area contributed by atoms with Crippen LogP contribution in [0.4, 0.5) is 0 Å². The van der Waals surface area contributed by atoms with Crippen molar-refractivity contribution in [1.29, 1.82) is 0 Å². The van der Waals surface area contributed by atoms with Gasteiger partial charge in [0.25, 0.3) is 0 Å². The van der Waals surface area contributed by atoms with Crippen LogP contribution in [0, 0.1) is 5.92 Å². The third-order valence-corrected chi connectivity index (χ3v) is 2.46. The van der Waals surface area contributed by atoms with Crippen LogP contribution in [-0.4, -0.2) is 17.5 Å². The second-order valence-corrected chi connectivity index (χ2v) is 3.21. The summed E-state index contributed by atoms with van der Waals surface area (Å²) in [4.78, 5) is 10.5. The summed E-state index contributed by atoms with van der Waals surface area (Å²) in [6, 6.07) is 0. The molecule has 2 unspecified atom stereocenters. The van der Waals surface area contributed by atoms with Gasteiger partial charge in [0, 0.05) is 11.5 Å². The van der Waals surface area contributed by atoms with Gasteiger partial charge in [-0.1, -0.05) is 19.4 Å². The summed E-state index contributed by atoms with van der Waals surface area (Å²) < 4.78 is 0. The predicted molar refractivity (Wildman–Crippen MR) is 46.7 cm³/mol. The number of aliphatic hydroxyl groups is 1. The quantitative estimate of drug-likeness (QED) is 0.383. The van der Waals surface area contributed by atoms with Crippen LogP contribution in [0.5, 0.6) is 0 Å². The Labute approximate surface area is 72.6 Å². The van der Waals surface area contributed by atoms with Crippen molar-refractivity contribution in [3.05, 3.63) is 17.9 Å². The van der Waals surface area contributed by atoms with Crippen molar-refractivity contribution < 1.29 is 9.90 Å². The Hall–Kier alpha value is -0.850. The standard InChI is InChI=1S/C10H14O2/c1-2-8(7-11)9-5-3-4-6-10(9)12/h7,9-10,12H,1,3-6H2. The lowest BCUT2D eigenvalue weighted by Gasteiger charge is -2.26. The minimum atomic E-state index is -0.367. The first-order valence-electron chi connectivity index (χ1n) is 4.32. The van der Waals surface area contributed by atoms with E-state index in [4.69, 9.17) is 0 Å². The second-order valence-electron chi connectivity index (χ2n) is 3.21. The summed E-state index contributed by atoms with van der Waals surface area (Å²) >= 11 is 0. The first-order valence-corrected chi connectivity index (χ1v) is 4.32. The van der Waals surface area contributed by atoms with Crippen LogP contribution in [0.25, 0.3) is 0 Å². The zero-order chi connectivity index (χ0) is 8.97. The molecule has 0 aliphatic heterocycles. The van der Waals surface area contributed by atoms with Crippen LogP contribution < -0.4 is 0 Å². The molecule has 1 aliphatic rings. The maximum atomic E-state index is 10.5. The lowest BCUT2D eigenvalue weighted by molar-refractivity contribution is -0.106. The number of carbonyl (C=O) groups excluding carboxylic acids is 1. The van der Waals surface area contributed by atoms with Crippen LogP contribution in [0.3, 0.4) is 0 Å². The van der Waals surface area contributed by atoms with E-state index < -0.39 is 0 Å². The summed E-state index contributed by atoms with van der Waals surface area (Å²) in [5, 5.41) is 9.55. The van der Waals surface area contributed by atoms with E-state index >= 15 is 0 Å². The zero-order valence-corrected chi connectivity index (χ0v) is 7.12. The van der Waals surface area contributed by atoms with E-state index in [2.05, 4.69) is 12.3 Å². The molecule has 2 heteroatoms. The van der Waals surface area contributed by atoms with E-state index in [0.717, 1.165) is 32.0 Å². The van der Waals surface area contributed by atoms with Crippen LogP contribution in [0.15, 0.2) is 17.9 Å². The van der Waals surface area contributed by atoms with E-state index in [1.54, 1.807) is 0 Å². The van der Waals surface area contributed by atoms with Gasteiger partial charge in [-0.2, -0.15) is 0 Å². The summed E-state index contributed by atoms with van der Waals surface area (Å²) in [5.41, 5.74) is 3.12. The van der Waals surface area contributed by atoms with Crippen molar-refractivity contribution in [2.24, 2.45) is 5.92 Å². The summed E-state index contributed by atoms with van der Waals surface area (Å²) in [6.07, 6.45) is 4.21. The third kappa shape index (κ3) is 1.84. The van der Waals surface area contributed by atoms with Crippen molar-refractivity contribution in [3.8, 4) is 0 Å². The molecule has 2 nitrogen and oxygen atoms in total. The van der Waals surface area contributed by atoms with Crippen molar-refractivity contribution in [3.63, 3.8) is 0 Å². The van der Waals surface area contributed by atoms with Gasteiger partial charge in [0.1, 0.15) is 0 Å². The lowest BCUT2D eigenvalue weighted by atomic mass is 9.82. The highest BCUT2D eigenvalue weighted by Gasteiger charge is 2.25. The fraction of sp³-hybridized carbons (Fsp3) is 0.600. The highest BCUT2D eigenvalue weighted by Crippen LogP contribution is 2.28. The molecule has 66 valence electrons. The van der Waals surface area contributed by atoms with Gasteiger partial charge in [0.05, 0.1) is 6.10 Å². The Morgan fingerprint density at radius 2 is 2.17 bits per heavy atom. The van der Waals surface area contributed by atoms with Gasteiger partial charge < -0.3 is 5.11 Å². The predicted octanol–water partition coefficient (Wildman–Crippen LogP) is 1.45. The van der Waals surface area contributed by atoms with Crippen molar-refractivity contribution in [2.75, 3.05) is 0 Å². The number of rotatable bonds is 2. The Kier molecular flexibility index (Phi) is 3.27. The molecule has 12 heavy (non-hydrogen) atoms. The van der Waals surface area contributed by atoms with Crippen molar-refractivity contribution in [1.82, 2.24) is 0 Å². The van der Waals surface area contributed by atoms with E-state index in [-0.39, 0.29) is 12.0 Å². The molecule has 1 N–H and O–H groups in total. The van der Waals surface area contributed by atoms with Crippen LogP contribution in [0.2, 0.25) is 0 Å². The molecule has 0 amide bonds. The molecule has 0 heterocycles. The van der Waals surface area contributed by atoms with Crippen molar-refractivity contribution >= 4 is 6.29 Å². The fourth-order valence-electron chi connectivity index (χ4n) is 1.73. The van der Waals surface area contributed by atoms with Gasteiger partial charge in [-0.25, -0.2) is 0 Å². The Bertz CT molecular complexity index is 214. The molecular weight excluding hydrogens is 152 g/mol. The molecule has 1 fully saturated rings. The number of hydrogen-bond acceptors (Lipinski definition) is 2. The Balaban J connectivity index is 2.70. The highest BCUT2D eigenvalue weighted by atomic mass is 16.3. The van der Waals surface area contributed by atoms with Gasteiger partial charge in [-0.05, 0) is 12.8 Å². The van der Waals surface area contributed by atoms with Gasteiger partial charge in [0.15, 0.2) is 6.29 Å². The molecule has 1 aliphatic carbocycles. The van der Waals surface area contributed by atoms with Gasteiger partial charge >= 0.3 is 0 Å². The first-order chi connectivity index (χ1) is 5.79. The average Bonchev–Trinajstić information content (AvgIpc) is 2.10. The van der Waals surface area contributed by atoms with E-state index in [9.17, 15) is 9.90 Å². The molecule has 1 saturated carbocycles. The lowest BCUT2D eigenvalue weighted by Crippen LogP contribution is -2.26. The molecule has 0 aromatic carbocycles. The molecule has 0 spiro atoms. The van der Waals surface area contributed by atoms with Crippen LogP contribution in [0.1, 0.15) is 25.7 Å². The highest BCUT2D eigenvalue weighted by molar-refractivity contribution is 5.73. The van der Waals surface area contributed by atoms with Crippen LogP contribution in [-0.2, 0) is 4.79 Å². The Morgan fingerprint density at radius 1 is 1.50 bits per heavy atom. The molecule has 0 aromatic heterocycles. The van der Waals surface area contributed by atoms with E-state index in [1.807, 2.05) is 0 Å². The molecular formula is C10H14O2. The topological polar surface area (TPSA) is 37.3 Å². The monoisotopic (exact) mass is 166 g/mol. The van der Waals surface area contributed by atoms with Gasteiger partial charge in [0.2, 0.25) is 0 Å². The van der Waals surface area contributed by atoms with Crippen molar-refractivity contribution in [2.45, 2.75) is 31.8 Å². The number of carbonyl (C=O) groups is 1. The first kappa shape index (κ1) is 9.24. The van der Waals surface area contributed by atoms with E-state index in [0.29, 0.717) is 5.57 Å². The zero-order valence-electron chi connectivity index (χ0n) is 7.12. The SMILES string of the molecule is C=C=C(C=O)C1CCCCC1O. The molecule has 0 aromatic rings. The molecule has 2 atom stereocenters. The molecule has 0 radical (unpaired) electrons. The average molecular weight is 166 g/mol. The molecule has 0 bridgehead atoms. The normalized spacial score (nSPS) is 29.1. The van der Waals surface area contributed by atoms with Gasteiger partial charge in [-0.3, -0.25) is 4.79 Å². The maximum absolute atomic E-state index is 10.5. The number of hydrogen-bond donors (Lipinski definition) is 1. The third-order valence-electron chi connectivity index (χ3n) is 2.46. The number of aliphatic hydroxyl groups excluding tert-OH is 1. The number of aldehydes is 1. The smallest absolute Gasteiger partial charge is 0.154 e. The maximum Gasteiger partial charge on any atom is 0.154 e. The van der Waals surface area contributed by atoms with Crippen LogP contribution >= 0.6 is 0 Å². The minimum Gasteiger partial charge on any atom is -0.392 e. The summed E-state index contributed by atoms with van der Waals surface area (Å²) in [6.45, 7) is 3.44. The second kappa shape index (κ2) is 4.24.